The van der Waals surface area contributed by atoms with Gasteiger partial charge in [0.25, 0.3) is 0 Å². The van der Waals surface area contributed by atoms with E-state index in [9.17, 15) is 4.79 Å². The summed E-state index contributed by atoms with van der Waals surface area (Å²) < 4.78 is 16.8. The molecule has 10 heteroatoms. The Morgan fingerprint density at radius 2 is 1.81 bits per heavy atom. The number of benzene rings is 2. The van der Waals surface area contributed by atoms with Gasteiger partial charge in [-0.1, -0.05) is 39.6 Å². The summed E-state index contributed by atoms with van der Waals surface area (Å²) in [5.74, 6) is 1.16. The second-order valence-electron chi connectivity index (χ2n) is 9.69. The predicted octanol–water partition coefficient (Wildman–Crippen LogP) is 6.36. The van der Waals surface area contributed by atoms with Crippen LogP contribution < -0.4 is 10.7 Å². The van der Waals surface area contributed by atoms with E-state index in [1.165, 1.54) is 5.69 Å². The molecule has 1 saturated heterocycles. The Morgan fingerprint density at radius 1 is 1.05 bits per heavy atom. The fraction of sp³-hybridized carbons (Fsp3) is 0.370. The lowest BCUT2D eigenvalue weighted by molar-refractivity contribution is 0.0246. The molecule has 37 heavy (non-hydrogen) atoms. The van der Waals surface area contributed by atoms with Crippen molar-refractivity contribution in [2.45, 2.75) is 51.2 Å². The number of hydrogen-bond donors (Lipinski definition) is 1. The number of nitrogens with one attached hydrogen (secondary N) is 1. The van der Waals surface area contributed by atoms with Gasteiger partial charge in [0.05, 0.1) is 22.8 Å². The smallest absolute Gasteiger partial charge is 0.373 e. The van der Waals surface area contributed by atoms with Crippen molar-refractivity contribution in [2.24, 2.45) is 0 Å². The van der Waals surface area contributed by atoms with Crippen LogP contribution in [0, 0.1) is 6.92 Å². The van der Waals surface area contributed by atoms with Gasteiger partial charge < -0.3 is 14.2 Å². The number of rotatable bonds is 7. The molecule has 0 radical (unpaired) electrons. The van der Waals surface area contributed by atoms with Crippen LogP contribution in [0.25, 0.3) is 22.6 Å². The van der Waals surface area contributed by atoms with E-state index >= 15 is 0 Å². The third-order valence-corrected chi connectivity index (χ3v) is 7.75. The molecular weight excluding hydrogens is 515 g/mol. The second kappa shape index (κ2) is 10.0. The molecule has 192 valence electrons. The van der Waals surface area contributed by atoms with Crippen molar-refractivity contribution in [1.82, 2.24) is 15.3 Å². The zero-order valence-corrected chi connectivity index (χ0v) is 21.8. The lowest BCUT2D eigenvalue weighted by Crippen LogP contribution is -2.37. The van der Waals surface area contributed by atoms with Crippen LogP contribution in [-0.4, -0.2) is 34.5 Å². The monoisotopic (exact) mass is 540 g/mol. The number of aromatic nitrogens is 3. The molecule has 2 aromatic carbocycles. The molecule has 1 saturated carbocycles. The first kappa shape index (κ1) is 24.3. The predicted molar refractivity (Wildman–Crippen MR) is 141 cm³/mol. The molecule has 1 N–H and O–H groups in total. The minimum atomic E-state index is -0.559. The first-order valence-corrected chi connectivity index (χ1v) is 13.2. The molecule has 0 bridgehead atoms. The second-order valence-corrected chi connectivity index (χ2v) is 10.5. The Hall–Kier alpha value is -3.07. The van der Waals surface area contributed by atoms with Gasteiger partial charge in [-0.3, -0.25) is 9.51 Å². The largest absolute Gasteiger partial charge is 0.439 e. The molecule has 0 atom stereocenters. The summed E-state index contributed by atoms with van der Waals surface area (Å²) in [6, 6.07) is 11.5. The summed E-state index contributed by atoms with van der Waals surface area (Å²) in [5.41, 5.74) is 5.43. The van der Waals surface area contributed by atoms with E-state index in [1.54, 1.807) is 0 Å². The highest BCUT2D eigenvalue weighted by Gasteiger charge is 2.34. The first-order valence-electron chi connectivity index (χ1n) is 12.4. The Kier molecular flexibility index (Phi) is 6.56. The molecule has 0 unspecified atom stereocenters. The van der Waals surface area contributed by atoms with Crippen molar-refractivity contribution >= 4 is 28.9 Å². The fourth-order valence-electron chi connectivity index (χ4n) is 5.02. The Labute approximate surface area is 223 Å². The molecule has 2 aliphatic rings. The summed E-state index contributed by atoms with van der Waals surface area (Å²) in [7, 11) is 0. The number of H-pyrrole nitrogens is 1. The van der Waals surface area contributed by atoms with Crippen molar-refractivity contribution in [3.05, 3.63) is 73.9 Å². The molecule has 2 aromatic heterocycles. The van der Waals surface area contributed by atoms with Crippen LogP contribution in [0.3, 0.4) is 0 Å². The first-order chi connectivity index (χ1) is 18.0. The maximum atomic E-state index is 11.3. The van der Waals surface area contributed by atoms with Crippen LogP contribution in [0.4, 0.5) is 5.69 Å². The van der Waals surface area contributed by atoms with Gasteiger partial charge in [0.1, 0.15) is 11.5 Å². The Bertz CT molecular complexity index is 1460. The van der Waals surface area contributed by atoms with E-state index in [0.717, 1.165) is 61.2 Å². The van der Waals surface area contributed by atoms with E-state index < -0.39 is 5.76 Å². The average molecular weight is 541 g/mol. The Balaban J connectivity index is 1.13. The van der Waals surface area contributed by atoms with Gasteiger partial charge in [-0.15, -0.1) is 0 Å². The highest BCUT2D eigenvalue weighted by molar-refractivity contribution is 6.39. The number of nitrogens with zero attached hydrogens (tertiary/aromatic N) is 3. The summed E-state index contributed by atoms with van der Waals surface area (Å²) in [5, 5.41) is 9.24. The Morgan fingerprint density at radius 3 is 2.46 bits per heavy atom. The zero-order chi connectivity index (χ0) is 25.5. The summed E-state index contributed by atoms with van der Waals surface area (Å²) in [6.45, 7) is 4.24. The molecule has 2 fully saturated rings. The van der Waals surface area contributed by atoms with Crippen molar-refractivity contribution in [3.63, 3.8) is 0 Å². The number of anilines is 1. The lowest BCUT2D eigenvalue weighted by Gasteiger charge is -2.34. The van der Waals surface area contributed by atoms with E-state index in [1.807, 2.05) is 30.3 Å². The van der Waals surface area contributed by atoms with Gasteiger partial charge >= 0.3 is 5.76 Å². The standard InChI is InChI=1S/C27H26Cl2N4O4/c1-15-13-17(26-30-27(34)37-32-26)7-8-22(15)33-11-9-18(10-12-33)35-14-19-24(31-36-25(19)16-5-6-16)23-20(28)3-2-4-21(23)29/h2-4,7-8,13,16,18H,5-6,9-12,14H2,1H3,(H,30,32,34). The van der Waals surface area contributed by atoms with Crippen molar-refractivity contribution < 1.29 is 13.8 Å². The molecule has 0 amide bonds. The van der Waals surface area contributed by atoms with Gasteiger partial charge in [-0.2, -0.15) is 0 Å². The van der Waals surface area contributed by atoms with Crippen LogP contribution in [0.15, 0.2) is 50.2 Å². The minimum Gasteiger partial charge on any atom is -0.373 e. The molecule has 0 spiro atoms. The molecule has 8 nitrogen and oxygen atoms in total. The van der Waals surface area contributed by atoms with Crippen molar-refractivity contribution in [1.29, 1.82) is 0 Å². The van der Waals surface area contributed by atoms with Crippen LogP contribution in [0.1, 0.15) is 48.5 Å². The van der Waals surface area contributed by atoms with Gasteiger partial charge in [0, 0.05) is 41.4 Å². The van der Waals surface area contributed by atoms with Crippen LogP contribution >= 0.6 is 23.2 Å². The van der Waals surface area contributed by atoms with E-state index in [4.69, 9.17) is 32.5 Å². The molecule has 4 aromatic rings. The van der Waals surface area contributed by atoms with Crippen LogP contribution in [0.2, 0.25) is 10.0 Å². The van der Waals surface area contributed by atoms with E-state index in [-0.39, 0.29) is 6.10 Å². The average Bonchev–Trinajstić information content (AvgIpc) is 3.51. The van der Waals surface area contributed by atoms with Crippen LogP contribution in [0.5, 0.6) is 0 Å². The molecule has 1 aliphatic carbocycles. The maximum absolute atomic E-state index is 11.3. The highest BCUT2D eigenvalue weighted by Crippen LogP contribution is 2.46. The van der Waals surface area contributed by atoms with Crippen molar-refractivity contribution in [2.75, 3.05) is 18.0 Å². The van der Waals surface area contributed by atoms with Gasteiger partial charge in [0.2, 0.25) is 0 Å². The van der Waals surface area contributed by atoms with E-state index in [2.05, 4.69) is 37.7 Å². The lowest BCUT2D eigenvalue weighted by atomic mass is 10.0. The van der Waals surface area contributed by atoms with Gasteiger partial charge in [0.15, 0.2) is 5.82 Å². The summed E-state index contributed by atoms with van der Waals surface area (Å²) in [6.07, 6.45) is 4.14. The SMILES string of the molecule is Cc1cc(-c2noc(=O)[nH]2)ccc1N1CCC(OCc2c(-c3c(Cl)cccc3Cl)noc2C2CC2)CC1. The number of ether oxygens (including phenoxy) is 1. The number of piperidine rings is 1. The zero-order valence-electron chi connectivity index (χ0n) is 20.3. The van der Waals surface area contributed by atoms with Gasteiger partial charge in [-0.25, -0.2) is 4.79 Å². The summed E-state index contributed by atoms with van der Waals surface area (Å²) >= 11 is 13.0. The third kappa shape index (κ3) is 4.93. The number of hydrogen-bond acceptors (Lipinski definition) is 7. The topological polar surface area (TPSA) is 97.4 Å². The van der Waals surface area contributed by atoms with Crippen molar-refractivity contribution in [3.8, 4) is 22.6 Å². The van der Waals surface area contributed by atoms with Gasteiger partial charge in [-0.05, 0) is 68.5 Å². The van der Waals surface area contributed by atoms with E-state index in [0.29, 0.717) is 39.7 Å². The quantitative estimate of drug-likeness (QED) is 0.291. The van der Waals surface area contributed by atoms with Crippen LogP contribution in [-0.2, 0) is 11.3 Å². The molecule has 3 heterocycles. The number of halogens is 2. The number of aryl methyl sites for hydroxylation is 1. The normalized spacial score (nSPS) is 16.5. The molecular formula is C27H26Cl2N4O4. The third-order valence-electron chi connectivity index (χ3n) is 7.12. The fourth-order valence-corrected chi connectivity index (χ4v) is 5.60. The molecule has 6 rings (SSSR count). The maximum Gasteiger partial charge on any atom is 0.439 e. The minimum absolute atomic E-state index is 0.132. The highest BCUT2D eigenvalue weighted by atomic mass is 35.5. The number of aromatic amines is 1. The summed E-state index contributed by atoms with van der Waals surface area (Å²) in [4.78, 5) is 16.2. The molecule has 1 aliphatic heterocycles.